The van der Waals surface area contributed by atoms with Gasteiger partial charge in [-0.15, -0.1) is 0 Å². The van der Waals surface area contributed by atoms with Crippen molar-refractivity contribution in [1.29, 1.82) is 0 Å². The fourth-order valence-electron chi connectivity index (χ4n) is 2.00. The lowest BCUT2D eigenvalue weighted by Crippen LogP contribution is -2.12. The molecule has 0 saturated heterocycles. The van der Waals surface area contributed by atoms with Crippen LogP contribution in [0, 0.1) is 0 Å². The molecular weight excluding hydrogens is 234 g/mol. The van der Waals surface area contributed by atoms with Crippen LogP contribution in [0.5, 0.6) is 5.75 Å². The predicted molar refractivity (Wildman–Crippen MR) is 62.1 cm³/mol. The summed E-state index contributed by atoms with van der Waals surface area (Å²) in [7, 11) is 0. The minimum atomic E-state index is -0.913. The zero-order chi connectivity index (χ0) is 12.5. The van der Waals surface area contributed by atoms with Gasteiger partial charge in [0.25, 0.3) is 5.89 Å². The third kappa shape index (κ3) is 1.75. The van der Waals surface area contributed by atoms with Crippen molar-refractivity contribution in [3.05, 3.63) is 41.5 Å². The number of nitrogens with zero attached hydrogens (tertiary/aromatic N) is 2. The maximum Gasteiger partial charge on any atom is 0.256 e. The van der Waals surface area contributed by atoms with Crippen LogP contribution < -0.4 is 10.5 Å². The third-order valence-corrected chi connectivity index (χ3v) is 2.98. The van der Waals surface area contributed by atoms with E-state index in [-0.39, 0.29) is 18.4 Å². The smallest absolute Gasteiger partial charge is 0.256 e. The molecule has 0 fully saturated rings. The Hall–Kier alpha value is -1.92. The molecule has 2 aromatic rings. The Morgan fingerprint density at radius 3 is 3.11 bits per heavy atom. The maximum absolute atomic E-state index is 9.53. The molecular formula is C12H13N3O3. The molecule has 1 aromatic heterocycles. The average Bonchev–Trinajstić information content (AvgIpc) is 3.03. The number of hydrogen-bond donors (Lipinski definition) is 2. The Morgan fingerprint density at radius 2 is 2.28 bits per heavy atom. The highest BCUT2D eigenvalue weighted by atomic mass is 16.5. The number of para-hydroxylation sites is 1. The Balaban J connectivity index is 1.91. The van der Waals surface area contributed by atoms with Crippen LogP contribution in [0.1, 0.15) is 29.3 Å². The first kappa shape index (κ1) is 11.2. The van der Waals surface area contributed by atoms with E-state index in [1.165, 1.54) is 0 Å². The highest BCUT2D eigenvalue weighted by Gasteiger charge is 2.30. The number of aliphatic hydroxyl groups excluding tert-OH is 1. The third-order valence-electron chi connectivity index (χ3n) is 2.98. The summed E-state index contributed by atoms with van der Waals surface area (Å²) in [5, 5.41) is 13.4. The van der Waals surface area contributed by atoms with Gasteiger partial charge in [-0.3, -0.25) is 0 Å². The van der Waals surface area contributed by atoms with Crippen molar-refractivity contribution in [2.75, 3.05) is 13.2 Å². The Morgan fingerprint density at radius 1 is 1.44 bits per heavy atom. The summed E-state index contributed by atoms with van der Waals surface area (Å²) in [6.07, 6.45) is -0.913. The number of nitrogens with two attached hydrogens (primary N) is 1. The highest BCUT2D eigenvalue weighted by molar-refractivity contribution is 5.42. The van der Waals surface area contributed by atoms with E-state index in [2.05, 4.69) is 10.1 Å². The molecule has 2 unspecified atom stereocenters. The first-order valence-corrected chi connectivity index (χ1v) is 5.73. The van der Waals surface area contributed by atoms with E-state index in [1.54, 1.807) is 0 Å². The SMILES string of the molecule is NCC(O)c1nc(C2COc3ccccc32)no1. The first-order chi connectivity index (χ1) is 8.79. The summed E-state index contributed by atoms with van der Waals surface area (Å²) in [5.41, 5.74) is 6.38. The number of fused-ring (bicyclic) bond motifs is 1. The van der Waals surface area contributed by atoms with Crippen molar-refractivity contribution < 1.29 is 14.4 Å². The Bertz CT molecular complexity index is 555. The van der Waals surface area contributed by atoms with Crippen LogP contribution in [0.4, 0.5) is 0 Å². The van der Waals surface area contributed by atoms with E-state index >= 15 is 0 Å². The number of ether oxygens (including phenoxy) is 1. The molecule has 3 N–H and O–H groups in total. The van der Waals surface area contributed by atoms with Crippen LogP contribution in [0.25, 0.3) is 0 Å². The summed E-state index contributed by atoms with van der Waals surface area (Å²) in [6, 6.07) is 7.74. The van der Waals surface area contributed by atoms with Gasteiger partial charge in [0.05, 0.1) is 5.92 Å². The molecule has 0 amide bonds. The van der Waals surface area contributed by atoms with E-state index in [0.717, 1.165) is 11.3 Å². The first-order valence-electron chi connectivity index (χ1n) is 5.73. The lowest BCUT2D eigenvalue weighted by molar-refractivity contribution is 0.141. The van der Waals surface area contributed by atoms with Crippen molar-refractivity contribution in [2.45, 2.75) is 12.0 Å². The van der Waals surface area contributed by atoms with Crippen LogP contribution >= 0.6 is 0 Å². The summed E-state index contributed by atoms with van der Waals surface area (Å²) < 4.78 is 10.6. The van der Waals surface area contributed by atoms with Gasteiger partial charge in [0.2, 0.25) is 0 Å². The standard InChI is InChI=1S/C12H13N3O3/c13-5-9(16)12-14-11(15-18-12)8-6-17-10-4-2-1-3-7(8)10/h1-4,8-9,16H,5-6,13H2. The molecule has 0 bridgehead atoms. The van der Waals surface area contributed by atoms with Crippen LogP contribution in [0.2, 0.25) is 0 Å². The summed E-state index contributed by atoms with van der Waals surface area (Å²) >= 11 is 0. The summed E-state index contributed by atoms with van der Waals surface area (Å²) in [5.74, 6) is 1.45. The quantitative estimate of drug-likeness (QED) is 0.824. The van der Waals surface area contributed by atoms with Gasteiger partial charge in [0.1, 0.15) is 18.5 Å². The van der Waals surface area contributed by atoms with Gasteiger partial charge in [0, 0.05) is 12.1 Å². The predicted octanol–water partition coefficient (Wildman–Crippen LogP) is 0.586. The van der Waals surface area contributed by atoms with Crippen LogP contribution in [-0.2, 0) is 0 Å². The number of aliphatic hydroxyl groups is 1. The minimum absolute atomic E-state index is 0.0522. The number of hydrogen-bond acceptors (Lipinski definition) is 6. The van der Waals surface area contributed by atoms with Crippen LogP contribution in [-0.4, -0.2) is 28.4 Å². The molecule has 2 heterocycles. The second kappa shape index (κ2) is 4.40. The van der Waals surface area contributed by atoms with Gasteiger partial charge in [-0.1, -0.05) is 23.4 Å². The van der Waals surface area contributed by atoms with Crippen molar-refractivity contribution in [1.82, 2.24) is 10.1 Å². The highest BCUT2D eigenvalue weighted by Crippen LogP contribution is 2.36. The van der Waals surface area contributed by atoms with E-state index in [0.29, 0.717) is 12.4 Å². The summed E-state index contributed by atoms with van der Waals surface area (Å²) in [6.45, 7) is 0.538. The Labute approximate surface area is 103 Å². The molecule has 6 heteroatoms. The maximum atomic E-state index is 9.53. The molecule has 0 aliphatic carbocycles. The van der Waals surface area contributed by atoms with E-state index in [4.69, 9.17) is 15.0 Å². The largest absolute Gasteiger partial charge is 0.492 e. The Kier molecular flexibility index (Phi) is 2.73. The monoisotopic (exact) mass is 247 g/mol. The van der Waals surface area contributed by atoms with Crippen molar-refractivity contribution in [3.63, 3.8) is 0 Å². The van der Waals surface area contributed by atoms with Crippen molar-refractivity contribution in [3.8, 4) is 5.75 Å². The molecule has 1 aliphatic rings. The van der Waals surface area contributed by atoms with Gasteiger partial charge >= 0.3 is 0 Å². The molecule has 3 rings (SSSR count). The fourth-order valence-corrected chi connectivity index (χ4v) is 2.00. The molecule has 18 heavy (non-hydrogen) atoms. The molecule has 94 valence electrons. The fraction of sp³-hybridized carbons (Fsp3) is 0.333. The second-order valence-electron chi connectivity index (χ2n) is 4.14. The van der Waals surface area contributed by atoms with Gasteiger partial charge in [-0.2, -0.15) is 4.98 Å². The van der Waals surface area contributed by atoms with Gasteiger partial charge in [0.15, 0.2) is 5.82 Å². The zero-order valence-electron chi connectivity index (χ0n) is 9.61. The molecule has 6 nitrogen and oxygen atoms in total. The van der Waals surface area contributed by atoms with Gasteiger partial charge in [-0.25, -0.2) is 0 Å². The molecule has 0 spiro atoms. The lowest BCUT2D eigenvalue weighted by Gasteiger charge is -2.02. The number of benzene rings is 1. The lowest BCUT2D eigenvalue weighted by atomic mass is 10.0. The van der Waals surface area contributed by atoms with E-state index in [1.807, 2.05) is 24.3 Å². The topological polar surface area (TPSA) is 94.4 Å². The molecule has 2 atom stereocenters. The molecule has 1 aromatic carbocycles. The van der Waals surface area contributed by atoms with E-state index < -0.39 is 6.10 Å². The van der Waals surface area contributed by atoms with Crippen molar-refractivity contribution in [2.24, 2.45) is 5.73 Å². The van der Waals surface area contributed by atoms with Crippen molar-refractivity contribution >= 4 is 0 Å². The average molecular weight is 247 g/mol. The zero-order valence-corrected chi connectivity index (χ0v) is 9.61. The van der Waals surface area contributed by atoms with Crippen LogP contribution in [0.3, 0.4) is 0 Å². The van der Waals surface area contributed by atoms with E-state index in [9.17, 15) is 5.11 Å². The molecule has 0 saturated carbocycles. The summed E-state index contributed by atoms with van der Waals surface area (Å²) in [4.78, 5) is 4.17. The molecule has 1 aliphatic heterocycles. The number of rotatable bonds is 3. The van der Waals surface area contributed by atoms with Crippen LogP contribution in [0.15, 0.2) is 28.8 Å². The minimum Gasteiger partial charge on any atom is -0.492 e. The second-order valence-corrected chi connectivity index (χ2v) is 4.14. The normalized spacial score (nSPS) is 19.3. The number of aromatic nitrogens is 2. The molecule has 0 radical (unpaired) electrons. The van der Waals surface area contributed by atoms with Gasteiger partial charge < -0.3 is 20.1 Å². The van der Waals surface area contributed by atoms with Gasteiger partial charge in [-0.05, 0) is 6.07 Å².